The highest BCUT2D eigenvalue weighted by Crippen LogP contribution is 2.28. The number of rotatable bonds is 4. The van der Waals surface area contributed by atoms with Gasteiger partial charge in [-0.15, -0.1) is 0 Å². The van der Waals surface area contributed by atoms with Crippen molar-refractivity contribution in [1.29, 1.82) is 0 Å². The summed E-state index contributed by atoms with van der Waals surface area (Å²) in [5.41, 5.74) is 2.11. The zero-order valence-electron chi connectivity index (χ0n) is 10.2. The summed E-state index contributed by atoms with van der Waals surface area (Å²) in [5.74, 6) is -0.307. The lowest BCUT2D eigenvalue weighted by molar-refractivity contribution is -0.145. The Morgan fingerprint density at radius 3 is 2.88 bits per heavy atom. The Bertz CT molecular complexity index is 516. The Hall–Kier alpha value is -1.77. The average Bonchev–Trinajstić information content (AvgIpc) is 2.79. The number of fused-ring (bicyclic) bond motifs is 1. The highest BCUT2D eigenvalue weighted by molar-refractivity contribution is 5.89. The molecule has 1 aromatic heterocycles. The van der Waals surface area contributed by atoms with Crippen LogP contribution >= 0.6 is 0 Å². The second-order valence-corrected chi connectivity index (χ2v) is 4.00. The minimum atomic E-state index is -0.172. The molecular weight excluding hydrogens is 214 g/mol. The second-order valence-electron chi connectivity index (χ2n) is 4.00. The van der Waals surface area contributed by atoms with Crippen LogP contribution in [0, 0.1) is 0 Å². The van der Waals surface area contributed by atoms with Crippen molar-refractivity contribution in [2.75, 3.05) is 6.61 Å². The first-order valence-corrected chi connectivity index (χ1v) is 6.00. The van der Waals surface area contributed by atoms with E-state index in [1.54, 1.807) is 0 Å². The van der Waals surface area contributed by atoms with Crippen molar-refractivity contribution in [2.24, 2.45) is 0 Å². The smallest absolute Gasteiger partial charge is 0.313 e. The quantitative estimate of drug-likeness (QED) is 0.821. The van der Waals surface area contributed by atoms with Crippen LogP contribution in [0.5, 0.6) is 0 Å². The Morgan fingerprint density at radius 1 is 1.35 bits per heavy atom. The molecule has 1 aromatic carbocycles. The van der Waals surface area contributed by atoms with Gasteiger partial charge < -0.3 is 9.72 Å². The summed E-state index contributed by atoms with van der Waals surface area (Å²) in [5, 5.41) is 1.10. The molecule has 0 fully saturated rings. The van der Waals surface area contributed by atoms with Crippen LogP contribution in [0.1, 0.15) is 31.7 Å². The van der Waals surface area contributed by atoms with Crippen LogP contribution in [0.15, 0.2) is 30.5 Å². The fraction of sp³-hybridized carbons (Fsp3) is 0.357. The van der Waals surface area contributed by atoms with Gasteiger partial charge in [0.05, 0.1) is 12.5 Å². The monoisotopic (exact) mass is 231 g/mol. The molecular formula is C14H17NO2. The number of benzene rings is 1. The standard InChI is InChI=1S/C14H17NO2/c1-3-10(14(16)17-4-2)11-6-5-7-13-12(11)8-9-15-13/h5-10,15H,3-4H2,1-2H3. The van der Waals surface area contributed by atoms with E-state index in [4.69, 9.17) is 4.74 Å². The number of hydrogen-bond acceptors (Lipinski definition) is 2. The van der Waals surface area contributed by atoms with E-state index >= 15 is 0 Å². The van der Waals surface area contributed by atoms with Gasteiger partial charge in [-0.25, -0.2) is 0 Å². The summed E-state index contributed by atoms with van der Waals surface area (Å²) in [6.07, 6.45) is 2.65. The molecule has 0 bridgehead atoms. The Labute approximate surface area is 101 Å². The molecule has 90 valence electrons. The fourth-order valence-corrected chi connectivity index (χ4v) is 2.17. The summed E-state index contributed by atoms with van der Waals surface area (Å²) >= 11 is 0. The first-order chi connectivity index (χ1) is 8.27. The third-order valence-electron chi connectivity index (χ3n) is 2.98. The van der Waals surface area contributed by atoms with Gasteiger partial charge in [0.25, 0.3) is 0 Å². The number of carbonyl (C=O) groups is 1. The lowest BCUT2D eigenvalue weighted by Crippen LogP contribution is -2.15. The van der Waals surface area contributed by atoms with E-state index < -0.39 is 0 Å². The predicted octanol–water partition coefficient (Wildman–Crippen LogP) is 3.22. The summed E-state index contributed by atoms with van der Waals surface area (Å²) in [6, 6.07) is 7.99. The number of aromatic nitrogens is 1. The highest BCUT2D eigenvalue weighted by atomic mass is 16.5. The number of esters is 1. The number of carbonyl (C=O) groups excluding carboxylic acids is 1. The molecule has 0 aliphatic rings. The minimum absolute atomic E-state index is 0.135. The van der Waals surface area contributed by atoms with Gasteiger partial charge in [-0.3, -0.25) is 4.79 Å². The summed E-state index contributed by atoms with van der Waals surface area (Å²) in [4.78, 5) is 15.1. The van der Waals surface area contributed by atoms with Crippen molar-refractivity contribution in [3.05, 3.63) is 36.0 Å². The van der Waals surface area contributed by atoms with Gasteiger partial charge in [-0.05, 0) is 31.0 Å². The molecule has 1 heterocycles. The Morgan fingerprint density at radius 2 is 2.18 bits per heavy atom. The van der Waals surface area contributed by atoms with Crippen molar-refractivity contribution in [3.8, 4) is 0 Å². The molecule has 0 saturated heterocycles. The third kappa shape index (κ3) is 2.18. The van der Waals surface area contributed by atoms with Gasteiger partial charge >= 0.3 is 5.97 Å². The van der Waals surface area contributed by atoms with Gasteiger partial charge in [0, 0.05) is 17.1 Å². The van der Waals surface area contributed by atoms with Crippen LogP contribution in [0.2, 0.25) is 0 Å². The summed E-state index contributed by atoms with van der Waals surface area (Å²) in [6.45, 7) is 4.27. The SMILES string of the molecule is CCOC(=O)C(CC)c1cccc2[nH]ccc12. The first-order valence-electron chi connectivity index (χ1n) is 6.00. The average molecular weight is 231 g/mol. The maximum absolute atomic E-state index is 11.9. The Kier molecular flexibility index (Phi) is 3.47. The molecule has 3 nitrogen and oxygen atoms in total. The van der Waals surface area contributed by atoms with Crippen molar-refractivity contribution >= 4 is 16.9 Å². The van der Waals surface area contributed by atoms with Crippen LogP contribution in [0.25, 0.3) is 10.9 Å². The zero-order chi connectivity index (χ0) is 12.3. The molecule has 0 saturated carbocycles. The molecule has 0 aliphatic heterocycles. The maximum Gasteiger partial charge on any atom is 0.313 e. The topological polar surface area (TPSA) is 42.1 Å². The molecule has 1 N–H and O–H groups in total. The normalized spacial score (nSPS) is 12.6. The van der Waals surface area contributed by atoms with E-state index in [0.29, 0.717) is 6.61 Å². The zero-order valence-corrected chi connectivity index (χ0v) is 10.2. The van der Waals surface area contributed by atoms with Crippen LogP contribution < -0.4 is 0 Å². The molecule has 0 spiro atoms. The molecule has 0 amide bonds. The summed E-state index contributed by atoms with van der Waals surface area (Å²) in [7, 11) is 0. The number of ether oxygens (including phenoxy) is 1. The number of nitrogens with one attached hydrogen (secondary N) is 1. The summed E-state index contributed by atoms with van der Waals surface area (Å²) < 4.78 is 5.13. The highest BCUT2D eigenvalue weighted by Gasteiger charge is 2.21. The number of hydrogen-bond donors (Lipinski definition) is 1. The minimum Gasteiger partial charge on any atom is -0.466 e. The van der Waals surface area contributed by atoms with E-state index in [0.717, 1.165) is 22.9 Å². The van der Waals surface area contributed by atoms with Crippen molar-refractivity contribution in [1.82, 2.24) is 4.98 Å². The van der Waals surface area contributed by atoms with Crippen molar-refractivity contribution in [2.45, 2.75) is 26.2 Å². The molecule has 3 heteroatoms. The van der Waals surface area contributed by atoms with Gasteiger partial charge in [0.15, 0.2) is 0 Å². The first kappa shape index (κ1) is 11.7. The van der Waals surface area contributed by atoms with Crippen LogP contribution in [0.4, 0.5) is 0 Å². The van der Waals surface area contributed by atoms with Gasteiger partial charge in [0.2, 0.25) is 0 Å². The molecule has 2 rings (SSSR count). The van der Waals surface area contributed by atoms with E-state index in [-0.39, 0.29) is 11.9 Å². The maximum atomic E-state index is 11.9. The molecule has 17 heavy (non-hydrogen) atoms. The molecule has 2 aromatic rings. The van der Waals surface area contributed by atoms with E-state index in [1.165, 1.54) is 0 Å². The Balaban J connectivity index is 2.42. The van der Waals surface area contributed by atoms with Gasteiger partial charge in [0.1, 0.15) is 0 Å². The van der Waals surface area contributed by atoms with Crippen molar-refractivity contribution in [3.63, 3.8) is 0 Å². The van der Waals surface area contributed by atoms with Crippen LogP contribution in [-0.4, -0.2) is 17.6 Å². The van der Waals surface area contributed by atoms with Gasteiger partial charge in [-0.1, -0.05) is 19.1 Å². The molecule has 1 unspecified atom stereocenters. The predicted molar refractivity (Wildman–Crippen MR) is 68.0 cm³/mol. The largest absolute Gasteiger partial charge is 0.466 e. The number of H-pyrrole nitrogens is 1. The van der Waals surface area contributed by atoms with E-state index in [2.05, 4.69) is 4.98 Å². The molecule has 0 aliphatic carbocycles. The van der Waals surface area contributed by atoms with Crippen molar-refractivity contribution < 1.29 is 9.53 Å². The second kappa shape index (κ2) is 5.04. The third-order valence-corrected chi connectivity index (χ3v) is 2.98. The van der Waals surface area contributed by atoms with Gasteiger partial charge in [-0.2, -0.15) is 0 Å². The van der Waals surface area contributed by atoms with Crippen LogP contribution in [-0.2, 0) is 9.53 Å². The lowest BCUT2D eigenvalue weighted by atomic mass is 9.94. The molecule has 1 atom stereocenters. The molecule has 0 radical (unpaired) electrons. The van der Waals surface area contributed by atoms with Crippen LogP contribution in [0.3, 0.4) is 0 Å². The number of aromatic amines is 1. The lowest BCUT2D eigenvalue weighted by Gasteiger charge is -2.14. The van der Waals surface area contributed by atoms with E-state index in [1.807, 2.05) is 44.3 Å². The fourth-order valence-electron chi connectivity index (χ4n) is 2.17. The van der Waals surface area contributed by atoms with E-state index in [9.17, 15) is 4.79 Å².